The lowest BCUT2D eigenvalue weighted by atomic mass is 9.87. The summed E-state index contributed by atoms with van der Waals surface area (Å²) >= 11 is 0. The van der Waals surface area contributed by atoms with E-state index in [0.29, 0.717) is 23.6 Å². The molecule has 3 heteroatoms. The Hall–Kier alpha value is -1.38. The number of carbonyl (C=O) groups excluding carboxylic acids is 1. The minimum atomic E-state index is -1.89. The maximum Gasteiger partial charge on any atom is 0.190 e. The van der Waals surface area contributed by atoms with Gasteiger partial charge in [-0.1, -0.05) is 37.8 Å². The molecule has 2 N–H and O–H groups in total. The first-order valence-electron chi connectivity index (χ1n) is 6.58. The minimum absolute atomic E-state index is 0.306. The van der Waals surface area contributed by atoms with E-state index in [-0.39, 0.29) is 5.78 Å². The van der Waals surface area contributed by atoms with E-state index in [2.05, 4.69) is 0 Å². The molecule has 1 aromatic rings. The van der Waals surface area contributed by atoms with Crippen molar-refractivity contribution in [2.45, 2.75) is 44.7 Å². The molecule has 0 aliphatic heterocycles. The van der Waals surface area contributed by atoms with E-state index in [9.17, 15) is 9.18 Å². The van der Waals surface area contributed by atoms with Crippen molar-refractivity contribution < 1.29 is 9.18 Å². The molecule has 2 rings (SSSR count). The number of Topliss-reactive ketones (excluding diaryl/α,β-unsaturated/α-hetero) is 1. The standard InChI is InChI=1S/C15H20FNO/c1-15(16,12-6-8-13(17)9-7-12)14(18)10-11-4-2-3-5-11/h6-9,11H,2-5,10,17H2,1H3/t15-/m1/s1. The molecular formula is C15H20FNO. The molecule has 1 fully saturated rings. The van der Waals surface area contributed by atoms with Crippen molar-refractivity contribution in [1.29, 1.82) is 0 Å². The number of nitrogen functional groups attached to an aromatic ring is 1. The third-order valence-electron chi connectivity index (χ3n) is 3.93. The number of hydrogen-bond acceptors (Lipinski definition) is 2. The number of carbonyl (C=O) groups is 1. The van der Waals surface area contributed by atoms with Gasteiger partial charge in [0, 0.05) is 12.1 Å². The van der Waals surface area contributed by atoms with E-state index < -0.39 is 5.67 Å². The van der Waals surface area contributed by atoms with Crippen LogP contribution in [0.2, 0.25) is 0 Å². The third kappa shape index (κ3) is 2.71. The maximum atomic E-state index is 14.6. The highest BCUT2D eigenvalue weighted by Crippen LogP contribution is 2.34. The van der Waals surface area contributed by atoms with Crippen LogP contribution in [0, 0.1) is 5.92 Å². The van der Waals surface area contributed by atoms with Gasteiger partial charge in [0.1, 0.15) is 0 Å². The van der Waals surface area contributed by atoms with Gasteiger partial charge >= 0.3 is 0 Å². The monoisotopic (exact) mass is 249 g/mol. The zero-order chi connectivity index (χ0) is 13.2. The van der Waals surface area contributed by atoms with Gasteiger partial charge in [0.25, 0.3) is 0 Å². The van der Waals surface area contributed by atoms with Crippen LogP contribution in [0.25, 0.3) is 0 Å². The average molecular weight is 249 g/mol. The molecule has 98 valence electrons. The number of halogens is 1. The number of nitrogens with two attached hydrogens (primary N) is 1. The van der Waals surface area contributed by atoms with Crippen LogP contribution in [0.3, 0.4) is 0 Å². The molecule has 0 bridgehead atoms. The number of ketones is 1. The van der Waals surface area contributed by atoms with Gasteiger partial charge in [-0.05, 0) is 30.5 Å². The summed E-state index contributed by atoms with van der Waals surface area (Å²) in [7, 11) is 0. The summed E-state index contributed by atoms with van der Waals surface area (Å²) in [5, 5.41) is 0. The summed E-state index contributed by atoms with van der Waals surface area (Å²) in [6, 6.07) is 6.47. The Morgan fingerprint density at radius 2 is 1.89 bits per heavy atom. The van der Waals surface area contributed by atoms with Crippen LogP contribution in [-0.4, -0.2) is 5.78 Å². The van der Waals surface area contributed by atoms with Crippen molar-refractivity contribution in [3.63, 3.8) is 0 Å². The van der Waals surface area contributed by atoms with Crippen LogP contribution < -0.4 is 5.73 Å². The van der Waals surface area contributed by atoms with E-state index in [1.165, 1.54) is 19.8 Å². The quantitative estimate of drug-likeness (QED) is 0.828. The molecule has 0 spiro atoms. The fraction of sp³-hybridized carbons (Fsp3) is 0.533. The van der Waals surface area contributed by atoms with Crippen LogP contribution in [0.4, 0.5) is 10.1 Å². The van der Waals surface area contributed by atoms with E-state index >= 15 is 0 Å². The third-order valence-corrected chi connectivity index (χ3v) is 3.93. The lowest BCUT2D eigenvalue weighted by Crippen LogP contribution is -2.28. The summed E-state index contributed by atoms with van der Waals surface area (Å²) in [4.78, 5) is 12.1. The molecule has 0 saturated heterocycles. The summed E-state index contributed by atoms with van der Waals surface area (Å²) in [6.07, 6.45) is 4.82. The predicted octanol–water partition coefficient (Wildman–Crippen LogP) is 3.60. The molecule has 1 aliphatic rings. The maximum absolute atomic E-state index is 14.6. The molecule has 0 radical (unpaired) electrons. The highest BCUT2D eigenvalue weighted by molar-refractivity contribution is 5.88. The first kappa shape index (κ1) is 13.1. The zero-order valence-corrected chi connectivity index (χ0v) is 10.8. The van der Waals surface area contributed by atoms with Gasteiger partial charge < -0.3 is 5.73 Å². The van der Waals surface area contributed by atoms with Crippen molar-refractivity contribution in [2.24, 2.45) is 5.92 Å². The lowest BCUT2D eigenvalue weighted by molar-refractivity contribution is -0.131. The molecule has 18 heavy (non-hydrogen) atoms. The molecule has 0 heterocycles. The fourth-order valence-corrected chi connectivity index (χ4v) is 2.63. The second kappa shape index (κ2) is 5.09. The fourth-order valence-electron chi connectivity index (χ4n) is 2.63. The van der Waals surface area contributed by atoms with Gasteiger partial charge in [-0.2, -0.15) is 0 Å². The lowest BCUT2D eigenvalue weighted by Gasteiger charge is -2.21. The predicted molar refractivity (Wildman–Crippen MR) is 70.9 cm³/mol. The van der Waals surface area contributed by atoms with E-state index in [4.69, 9.17) is 5.73 Å². The molecule has 1 aliphatic carbocycles. The van der Waals surface area contributed by atoms with Crippen LogP contribution >= 0.6 is 0 Å². The van der Waals surface area contributed by atoms with E-state index in [1.54, 1.807) is 24.3 Å². The van der Waals surface area contributed by atoms with Crippen molar-refractivity contribution in [3.05, 3.63) is 29.8 Å². The van der Waals surface area contributed by atoms with E-state index in [0.717, 1.165) is 12.8 Å². The van der Waals surface area contributed by atoms with Crippen molar-refractivity contribution in [2.75, 3.05) is 5.73 Å². The van der Waals surface area contributed by atoms with Gasteiger partial charge in [0.05, 0.1) is 0 Å². The minimum Gasteiger partial charge on any atom is -0.399 e. The van der Waals surface area contributed by atoms with Gasteiger partial charge in [-0.25, -0.2) is 4.39 Å². The topological polar surface area (TPSA) is 43.1 Å². The number of rotatable bonds is 4. The first-order valence-corrected chi connectivity index (χ1v) is 6.58. The normalized spacial score (nSPS) is 19.7. The highest BCUT2D eigenvalue weighted by atomic mass is 19.1. The number of anilines is 1. The zero-order valence-electron chi connectivity index (χ0n) is 10.8. The molecule has 1 atom stereocenters. The summed E-state index contributed by atoms with van der Waals surface area (Å²) in [6.45, 7) is 1.36. The van der Waals surface area contributed by atoms with Crippen molar-refractivity contribution >= 4 is 11.5 Å². The SMILES string of the molecule is C[C@](F)(C(=O)CC1CCCC1)c1ccc(N)cc1. The average Bonchev–Trinajstić information content (AvgIpc) is 2.82. The van der Waals surface area contributed by atoms with Crippen LogP contribution in [0.5, 0.6) is 0 Å². The van der Waals surface area contributed by atoms with Crippen molar-refractivity contribution in [1.82, 2.24) is 0 Å². The Bertz CT molecular complexity index is 419. The van der Waals surface area contributed by atoms with Gasteiger partial charge in [0.2, 0.25) is 0 Å². The Morgan fingerprint density at radius 1 is 1.33 bits per heavy atom. The number of benzene rings is 1. The van der Waals surface area contributed by atoms with Gasteiger partial charge in [0.15, 0.2) is 11.5 Å². The summed E-state index contributed by atoms with van der Waals surface area (Å²) in [5.41, 5.74) is 4.66. The molecule has 2 nitrogen and oxygen atoms in total. The Kier molecular flexibility index (Phi) is 3.69. The Morgan fingerprint density at radius 3 is 2.44 bits per heavy atom. The Balaban J connectivity index is 2.08. The van der Waals surface area contributed by atoms with Gasteiger partial charge in [-0.15, -0.1) is 0 Å². The second-order valence-corrected chi connectivity index (χ2v) is 5.40. The van der Waals surface area contributed by atoms with Gasteiger partial charge in [-0.3, -0.25) is 4.79 Å². The smallest absolute Gasteiger partial charge is 0.190 e. The van der Waals surface area contributed by atoms with Crippen LogP contribution in [0.15, 0.2) is 24.3 Å². The van der Waals surface area contributed by atoms with Crippen molar-refractivity contribution in [3.8, 4) is 0 Å². The highest BCUT2D eigenvalue weighted by Gasteiger charge is 2.36. The summed E-state index contributed by atoms with van der Waals surface area (Å²) in [5.74, 6) is 0.0699. The van der Waals surface area contributed by atoms with E-state index in [1.807, 2.05) is 0 Å². The molecular weight excluding hydrogens is 229 g/mol. The first-order chi connectivity index (χ1) is 8.50. The summed E-state index contributed by atoms with van der Waals surface area (Å²) < 4.78 is 14.6. The Labute approximate surface area is 107 Å². The van der Waals surface area contributed by atoms with Crippen LogP contribution in [0.1, 0.15) is 44.6 Å². The molecule has 0 amide bonds. The molecule has 1 saturated carbocycles. The second-order valence-electron chi connectivity index (χ2n) is 5.40. The molecule has 1 aromatic carbocycles. The van der Waals surface area contributed by atoms with Crippen LogP contribution in [-0.2, 0) is 10.5 Å². The number of alkyl halides is 1. The largest absolute Gasteiger partial charge is 0.399 e. The molecule has 0 aromatic heterocycles. The molecule has 0 unspecified atom stereocenters. The number of hydrogen-bond donors (Lipinski definition) is 1.